The van der Waals surface area contributed by atoms with Crippen molar-refractivity contribution in [2.24, 2.45) is 0 Å². The van der Waals surface area contributed by atoms with Crippen LogP contribution in [0, 0.1) is 13.8 Å². The van der Waals surface area contributed by atoms with Gasteiger partial charge in [-0.15, -0.1) is 5.10 Å². The first-order valence-corrected chi connectivity index (χ1v) is 9.63. The van der Waals surface area contributed by atoms with E-state index in [-0.39, 0.29) is 11.7 Å². The number of hydrogen-bond donors (Lipinski definition) is 1. The molecule has 1 aromatic carbocycles. The fourth-order valence-electron chi connectivity index (χ4n) is 3.49. The maximum Gasteiger partial charge on any atom is 0.295 e. The Bertz CT molecular complexity index is 1000. The van der Waals surface area contributed by atoms with E-state index in [0.29, 0.717) is 5.78 Å². The summed E-state index contributed by atoms with van der Waals surface area (Å²) in [5, 5.41) is 7.18. The topological polar surface area (TPSA) is 78.7 Å². The van der Waals surface area contributed by atoms with Crippen molar-refractivity contribution in [3.63, 3.8) is 0 Å². The lowest BCUT2D eigenvalue weighted by atomic mass is 10.1. The number of nitrogens with one attached hydrogen (secondary N) is 1. The molecule has 146 valence electrons. The monoisotopic (exact) mass is 379 g/mol. The molecule has 1 aliphatic rings. The van der Waals surface area contributed by atoms with E-state index in [4.69, 9.17) is 0 Å². The van der Waals surface area contributed by atoms with E-state index in [0.717, 1.165) is 49.7 Å². The minimum atomic E-state index is -0.336. The molecule has 0 radical (unpaired) electrons. The Morgan fingerprint density at radius 2 is 1.93 bits per heavy atom. The summed E-state index contributed by atoms with van der Waals surface area (Å²) in [6.07, 6.45) is 1.66. The number of aryl methyl sites for hydroxylation is 2. The van der Waals surface area contributed by atoms with Crippen molar-refractivity contribution >= 4 is 23.1 Å². The smallest absolute Gasteiger partial charge is 0.295 e. The van der Waals surface area contributed by atoms with Crippen molar-refractivity contribution in [2.75, 3.05) is 42.9 Å². The minimum absolute atomic E-state index is 0.112. The van der Waals surface area contributed by atoms with Gasteiger partial charge in [-0.3, -0.25) is 4.79 Å². The molecule has 1 aliphatic heterocycles. The molecule has 0 unspecified atom stereocenters. The van der Waals surface area contributed by atoms with E-state index in [2.05, 4.69) is 49.2 Å². The first-order valence-electron chi connectivity index (χ1n) is 9.63. The van der Waals surface area contributed by atoms with Gasteiger partial charge in [0.05, 0.1) is 0 Å². The molecule has 3 heterocycles. The van der Waals surface area contributed by atoms with Gasteiger partial charge in [-0.2, -0.15) is 4.98 Å². The summed E-state index contributed by atoms with van der Waals surface area (Å²) in [5.41, 5.74) is 3.85. The standard InChI is InChI=1S/C20H25N7O/c1-4-25-9-11-26(12-10-25)16-5-6-17(14(2)13-16)22-19(28)18-23-20-21-8-7-15(3)27(20)24-18/h5-8,13H,4,9-12H2,1-3H3,(H,22,28). The van der Waals surface area contributed by atoms with Crippen molar-refractivity contribution in [2.45, 2.75) is 20.8 Å². The van der Waals surface area contributed by atoms with Crippen LogP contribution in [0.4, 0.5) is 11.4 Å². The van der Waals surface area contributed by atoms with Crippen LogP contribution >= 0.6 is 0 Å². The number of rotatable bonds is 4. The zero-order valence-corrected chi connectivity index (χ0v) is 16.5. The quantitative estimate of drug-likeness (QED) is 0.748. The largest absolute Gasteiger partial charge is 0.369 e. The van der Waals surface area contributed by atoms with Gasteiger partial charge in [-0.05, 0) is 50.2 Å². The van der Waals surface area contributed by atoms with Gasteiger partial charge >= 0.3 is 0 Å². The molecule has 28 heavy (non-hydrogen) atoms. The third-order valence-electron chi connectivity index (χ3n) is 5.28. The highest BCUT2D eigenvalue weighted by atomic mass is 16.2. The molecule has 8 heteroatoms. The predicted molar refractivity (Wildman–Crippen MR) is 109 cm³/mol. The zero-order valence-electron chi connectivity index (χ0n) is 16.5. The molecular formula is C20H25N7O. The van der Waals surface area contributed by atoms with Crippen LogP contribution in [0.2, 0.25) is 0 Å². The second-order valence-electron chi connectivity index (χ2n) is 7.11. The molecule has 1 amide bonds. The maximum atomic E-state index is 12.6. The average molecular weight is 379 g/mol. The van der Waals surface area contributed by atoms with Gasteiger partial charge in [0.1, 0.15) is 0 Å². The van der Waals surface area contributed by atoms with Crippen LogP contribution in [0.15, 0.2) is 30.5 Å². The van der Waals surface area contributed by atoms with Crippen molar-refractivity contribution in [1.82, 2.24) is 24.5 Å². The van der Waals surface area contributed by atoms with Gasteiger partial charge in [0.15, 0.2) is 0 Å². The lowest BCUT2D eigenvalue weighted by molar-refractivity contribution is 0.101. The van der Waals surface area contributed by atoms with Crippen LogP contribution < -0.4 is 10.2 Å². The van der Waals surface area contributed by atoms with Gasteiger partial charge in [-0.1, -0.05) is 6.92 Å². The fourth-order valence-corrected chi connectivity index (χ4v) is 3.49. The Balaban J connectivity index is 1.48. The van der Waals surface area contributed by atoms with Gasteiger partial charge in [0, 0.05) is 49.4 Å². The molecule has 1 fully saturated rings. The minimum Gasteiger partial charge on any atom is -0.369 e. The number of anilines is 2. The maximum absolute atomic E-state index is 12.6. The van der Waals surface area contributed by atoms with Gasteiger partial charge in [0.25, 0.3) is 11.7 Å². The number of benzene rings is 1. The van der Waals surface area contributed by atoms with Gasteiger partial charge in [0.2, 0.25) is 5.82 Å². The third-order valence-corrected chi connectivity index (χ3v) is 5.28. The Hall–Kier alpha value is -3.00. The van der Waals surface area contributed by atoms with Crippen LogP contribution in [0.1, 0.15) is 28.8 Å². The molecule has 2 aromatic heterocycles. The van der Waals surface area contributed by atoms with E-state index in [1.54, 1.807) is 10.7 Å². The third kappa shape index (κ3) is 3.55. The molecule has 1 saturated heterocycles. The summed E-state index contributed by atoms with van der Waals surface area (Å²) in [7, 11) is 0. The van der Waals surface area contributed by atoms with Crippen molar-refractivity contribution in [3.8, 4) is 0 Å². The molecule has 0 bridgehead atoms. The number of amides is 1. The second kappa shape index (κ2) is 7.55. The molecular weight excluding hydrogens is 354 g/mol. The Morgan fingerprint density at radius 3 is 2.61 bits per heavy atom. The van der Waals surface area contributed by atoms with Crippen molar-refractivity contribution < 1.29 is 4.79 Å². The van der Waals surface area contributed by atoms with Crippen LogP contribution in [-0.4, -0.2) is 63.1 Å². The SMILES string of the molecule is CCN1CCN(c2ccc(NC(=O)c3nc4nccc(C)n4n3)c(C)c2)CC1. The highest BCUT2D eigenvalue weighted by Crippen LogP contribution is 2.24. The molecule has 0 saturated carbocycles. The second-order valence-corrected chi connectivity index (χ2v) is 7.11. The summed E-state index contributed by atoms with van der Waals surface area (Å²) in [6.45, 7) is 11.4. The number of carbonyl (C=O) groups excluding carboxylic acids is 1. The Labute approximate surface area is 164 Å². The van der Waals surface area contributed by atoms with E-state index < -0.39 is 0 Å². The van der Waals surface area contributed by atoms with E-state index in [1.165, 1.54) is 5.69 Å². The Kier molecular flexibility index (Phi) is 4.95. The summed E-state index contributed by atoms with van der Waals surface area (Å²) in [4.78, 5) is 25.8. The summed E-state index contributed by atoms with van der Waals surface area (Å²) < 4.78 is 1.57. The average Bonchev–Trinajstić information content (AvgIpc) is 3.15. The highest BCUT2D eigenvalue weighted by molar-refractivity contribution is 6.02. The molecule has 1 N–H and O–H groups in total. The number of aromatic nitrogens is 4. The van der Waals surface area contributed by atoms with Gasteiger partial charge < -0.3 is 15.1 Å². The molecule has 4 rings (SSSR count). The number of nitrogens with zero attached hydrogens (tertiary/aromatic N) is 6. The Morgan fingerprint density at radius 1 is 1.14 bits per heavy atom. The number of likely N-dealkylation sites (N-methyl/N-ethyl adjacent to an activating group) is 1. The molecule has 3 aromatic rings. The van der Waals surface area contributed by atoms with E-state index in [1.807, 2.05) is 26.0 Å². The number of piperazine rings is 1. The molecule has 0 aliphatic carbocycles. The molecule has 0 atom stereocenters. The van der Waals surface area contributed by atoms with Crippen LogP contribution in [-0.2, 0) is 0 Å². The zero-order chi connectivity index (χ0) is 19.7. The number of hydrogen-bond acceptors (Lipinski definition) is 6. The summed E-state index contributed by atoms with van der Waals surface area (Å²) in [5.74, 6) is 0.196. The molecule has 0 spiro atoms. The van der Waals surface area contributed by atoms with Crippen molar-refractivity contribution in [3.05, 3.63) is 47.5 Å². The van der Waals surface area contributed by atoms with Crippen LogP contribution in [0.25, 0.3) is 5.78 Å². The summed E-state index contributed by atoms with van der Waals surface area (Å²) >= 11 is 0. The number of fused-ring (bicyclic) bond motifs is 1. The van der Waals surface area contributed by atoms with Crippen LogP contribution in [0.5, 0.6) is 0 Å². The first kappa shape index (κ1) is 18.4. The van der Waals surface area contributed by atoms with Crippen LogP contribution in [0.3, 0.4) is 0 Å². The van der Waals surface area contributed by atoms with Crippen molar-refractivity contribution in [1.29, 1.82) is 0 Å². The fraction of sp³-hybridized carbons (Fsp3) is 0.400. The summed E-state index contributed by atoms with van der Waals surface area (Å²) in [6, 6.07) is 7.97. The van der Waals surface area contributed by atoms with E-state index >= 15 is 0 Å². The molecule has 8 nitrogen and oxygen atoms in total. The predicted octanol–water partition coefficient (Wildman–Crippen LogP) is 2.14. The number of carbonyl (C=O) groups is 1. The van der Waals surface area contributed by atoms with Gasteiger partial charge in [-0.25, -0.2) is 9.50 Å². The lowest BCUT2D eigenvalue weighted by Gasteiger charge is -2.35. The van der Waals surface area contributed by atoms with E-state index in [9.17, 15) is 4.79 Å². The normalized spacial score (nSPS) is 15.2. The lowest BCUT2D eigenvalue weighted by Crippen LogP contribution is -2.46. The highest BCUT2D eigenvalue weighted by Gasteiger charge is 2.18. The first-order chi connectivity index (χ1) is 13.5.